The summed E-state index contributed by atoms with van der Waals surface area (Å²) in [5, 5.41) is 1.56. The molecule has 0 aliphatic heterocycles. The van der Waals surface area contributed by atoms with Gasteiger partial charge in [0, 0.05) is 31.2 Å². The van der Waals surface area contributed by atoms with Crippen LogP contribution in [0.3, 0.4) is 0 Å². The maximum Gasteiger partial charge on any atom is 0.252 e. The highest BCUT2D eigenvalue weighted by molar-refractivity contribution is 7.91. The van der Waals surface area contributed by atoms with Crippen molar-refractivity contribution in [3.63, 3.8) is 0 Å². The quantitative estimate of drug-likeness (QED) is 0.843. The number of thiophene rings is 1. The van der Waals surface area contributed by atoms with Crippen molar-refractivity contribution in [1.82, 2.24) is 9.21 Å². The van der Waals surface area contributed by atoms with Gasteiger partial charge in [-0.15, -0.1) is 11.3 Å². The summed E-state index contributed by atoms with van der Waals surface area (Å²) >= 11 is 1.05. The van der Waals surface area contributed by atoms with Crippen molar-refractivity contribution < 1.29 is 13.2 Å². The van der Waals surface area contributed by atoms with Crippen LogP contribution < -0.4 is 5.73 Å². The number of rotatable bonds is 6. The number of carbonyl (C=O) groups is 1. The molecule has 8 heteroatoms. The summed E-state index contributed by atoms with van der Waals surface area (Å²) in [6.45, 7) is 4.68. The summed E-state index contributed by atoms with van der Waals surface area (Å²) in [7, 11) is -2.24. The molecule has 0 saturated heterocycles. The van der Waals surface area contributed by atoms with Crippen molar-refractivity contribution >= 4 is 33.0 Å². The number of nitrogens with zero attached hydrogens (tertiary/aromatic N) is 2. The fourth-order valence-corrected chi connectivity index (χ4v) is 3.98. The predicted octanol–water partition coefficient (Wildman–Crippen LogP) is 0.819. The van der Waals surface area contributed by atoms with Crippen LogP contribution in [-0.4, -0.2) is 50.2 Å². The van der Waals surface area contributed by atoms with E-state index in [-0.39, 0.29) is 16.7 Å². The lowest BCUT2D eigenvalue weighted by Gasteiger charge is -2.22. The van der Waals surface area contributed by atoms with Crippen LogP contribution in [0.4, 0.5) is 5.69 Å². The van der Waals surface area contributed by atoms with Crippen LogP contribution in [0.5, 0.6) is 0 Å². The van der Waals surface area contributed by atoms with E-state index < -0.39 is 10.0 Å². The first-order valence-electron chi connectivity index (χ1n) is 5.91. The molecule has 0 atom stereocenters. The second kappa shape index (κ2) is 6.36. The van der Waals surface area contributed by atoms with Gasteiger partial charge in [0.25, 0.3) is 10.0 Å². The molecular formula is C11H19N3O3S2. The molecule has 1 aromatic rings. The minimum atomic E-state index is -3.64. The van der Waals surface area contributed by atoms with Crippen molar-refractivity contribution in [2.45, 2.75) is 18.1 Å². The van der Waals surface area contributed by atoms with E-state index in [1.807, 2.05) is 13.8 Å². The van der Waals surface area contributed by atoms with Crippen molar-refractivity contribution in [2.75, 3.05) is 32.4 Å². The second-order valence-corrected chi connectivity index (χ2v) is 7.21. The normalized spacial score (nSPS) is 11.8. The lowest BCUT2D eigenvalue weighted by atomic mass is 10.4. The summed E-state index contributed by atoms with van der Waals surface area (Å²) < 4.78 is 25.6. The number of carbonyl (C=O) groups excluding carboxylic acids is 1. The molecule has 19 heavy (non-hydrogen) atoms. The van der Waals surface area contributed by atoms with Gasteiger partial charge >= 0.3 is 0 Å². The van der Waals surface area contributed by atoms with Gasteiger partial charge in [-0.25, -0.2) is 8.42 Å². The van der Waals surface area contributed by atoms with Gasteiger partial charge in [-0.1, -0.05) is 0 Å². The number of hydrogen-bond acceptors (Lipinski definition) is 5. The van der Waals surface area contributed by atoms with Gasteiger partial charge in [0.05, 0.1) is 6.54 Å². The van der Waals surface area contributed by atoms with Crippen LogP contribution in [-0.2, 0) is 14.8 Å². The number of nitrogen functional groups attached to an aromatic ring is 1. The second-order valence-electron chi connectivity index (χ2n) is 4.03. The average molecular weight is 305 g/mol. The fraction of sp³-hybridized carbons (Fsp3) is 0.545. The van der Waals surface area contributed by atoms with E-state index >= 15 is 0 Å². The Morgan fingerprint density at radius 1 is 1.37 bits per heavy atom. The Bertz CT molecular complexity index is 535. The molecular weight excluding hydrogens is 286 g/mol. The molecule has 1 rings (SSSR count). The Morgan fingerprint density at radius 3 is 2.37 bits per heavy atom. The van der Waals surface area contributed by atoms with E-state index in [1.165, 1.54) is 13.1 Å². The van der Waals surface area contributed by atoms with Crippen molar-refractivity contribution in [3.05, 3.63) is 11.4 Å². The van der Waals surface area contributed by atoms with Crippen LogP contribution in [0.25, 0.3) is 0 Å². The molecule has 0 spiro atoms. The van der Waals surface area contributed by atoms with Crippen LogP contribution in [0.2, 0.25) is 0 Å². The average Bonchev–Trinajstić information content (AvgIpc) is 2.78. The summed E-state index contributed by atoms with van der Waals surface area (Å²) in [4.78, 5) is 13.5. The van der Waals surface area contributed by atoms with Crippen molar-refractivity contribution in [2.24, 2.45) is 0 Å². The lowest BCUT2D eigenvalue weighted by Crippen LogP contribution is -2.40. The van der Waals surface area contributed by atoms with Crippen LogP contribution in [0.15, 0.2) is 15.7 Å². The topological polar surface area (TPSA) is 83.7 Å². The van der Waals surface area contributed by atoms with Crippen molar-refractivity contribution in [1.29, 1.82) is 0 Å². The molecule has 0 saturated carbocycles. The monoisotopic (exact) mass is 305 g/mol. The van der Waals surface area contributed by atoms with Gasteiger partial charge in [-0.2, -0.15) is 4.31 Å². The summed E-state index contributed by atoms with van der Waals surface area (Å²) in [6, 6.07) is 1.40. The van der Waals surface area contributed by atoms with E-state index in [2.05, 4.69) is 0 Å². The minimum absolute atomic E-state index is 0.153. The first-order chi connectivity index (χ1) is 8.82. The molecule has 108 valence electrons. The number of likely N-dealkylation sites (N-methyl/N-ethyl adjacent to an activating group) is 2. The molecule has 0 bridgehead atoms. The van der Waals surface area contributed by atoms with Crippen LogP contribution in [0.1, 0.15) is 13.8 Å². The maximum absolute atomic E-state index is 12.2. The van der Waals surface area contributed by atoms with Gasteiger partial charge in [-0.3, -0.25) is 4.79 Å². The van der Waals surface area contributed by atoms with E-state index in [0.29, 0.717) is 18.8 Å². The third kappa shape index (κ3) is 3.68. The predicted molar refractivity (Wildman–Crippen MR) is 76.5 cm³/mol. The Labute approximate surface area is 117 Å². The molecule has 1 amide bonds. The molecule has 6 nitrogen and oxygen atoms in total. The van der Waals surface area contributed by atoms with E-state index in [4.69, 9.17) is 5.73 Å². The van der Waals surface area contributed by atoms with Gasteiger partial charge in [0.2, 0.25) is 5.91 Å². The fourth-order valence-electron chi connectivity index (χ4n) is 1.57. The zero-order valence-electron chi connectivity index (χ0n) is 11.3. The number of amides is 1. The third-order valence-electron chi connectivity index (χ3n) is 2.73. The van der Waals surface area contributed by atoms with Gasteiger partial charge in [-0.05, 0) is 19.9 Å². The third-order valence-corrected chi connectivity index (χ3v) is 5.97. The number of sulfonamides is 1. The largest absolute Gasteiger partial charge is 0.398 e. The van der Waals surface area contributed by atoms with Crippen molar-refractivity contribution in [3.8, 4) is 0 Å². The SMILES string of the molecule is CCN(CC)C(=O)CN(C)S(=O)(=O)c1cc(N)cs1. The summed E-state index contributed by atoms with van der Waals surface area (Å²) in [5.74, 6) is -0.208. The number of hydrogen-bond donors (Lipinski definition) is 1. The van der Waals surface area contributed by atoms with Gasteiger partial charge in [0.1, 0.15) is 4.21 Å². The maximum atomic E-state index is 12.2. The Morgan fingerprint density at radius 2 is 1.95 bits per heavy atom. The highest BCUT2D eigenvalue weighted by atomic mass is 32.2. The highest BCUT2D eigenvalue weighted by Gasteiger charge is 2.25. The zero-order chi connectivity index (χ0) is 14.6. The Kier molecular flexibility index (Phi) is 5.33. The summed E-state index contributed by atoms with van der Waals surface area (Å²) in [6.07, 6.45) is 0. The molecule has 1 heterocycles. The van der Waals surface area contributed by atoms with E-state index in [9.17, 15) is 13.2 Å². The Hall–Kier alpha value is -1.12. The molecule has 2 N–H and O–H groups in total. The van der Waals surface area contributed by atoms with Gasteiger partial charge in [0.15, 0.2) is 0 Å². The molecule has 0 aromatic carbocycles. The lowest BCUT2D eigenvalue weighted by molar-refractivity contribution is -0.130. The van der Waals surface area contributed by atoms with Gasteiger partial charge < -0.3 is 10.6 Å². The van der Waals surface area contributed by atoms with E-state index in [0.717, 1.165) is 15.6 Å². The Balaban J connectivity index is 2.83. The van der Waals surface area contributed by atoms with Crippen LogP contribution in [0, 0.1) is 0 Å². The molecule has 0 fully saturated rings. The molecule has 0 aliphatic carbocycles. The molecule has 0 unspecified atom stereocenters. The smallest absolute Gasteiger partial charge is 0.252 e. The molecule has 1 aromatic heterocycles. The number of anilines is 1. The van der Waals surface area contributed by atoms with E-state index in [1.54, 1.807) is 10.3 Å². The first-order valence-corrected chi connectivity index (χ1v) is 8.23. The molecule has 0 radical (unpaired) electrons. The first kappa shape index (κ1) is 15.9. The highest BCUT2D eigenvalue weighted by Crippen LogP contribution is 2.24. The standard InChI is InChI=1S/C11H19N3O3S2/c1-4-14(5-2)10(15)7-13(3)19(16,17)11-6-9(12)8-18-11/h6,8H,4-5,7,12H2,1-3H3. The summed E-state index contributed by atoms with van der Waals surface area (Å²) in [5.41, 5.74) is 5.93. The number of nitrogens with two attached hydrogens (primary N) is 1. The van der Waals surface area contributed by atoms with Crippen LogP contribution >= 0.6 is 11.3 Å². The minimum Gasteiger partial charge on any atom is -0.398 e. The molecule has 0 aliphatic rings. The zero-order valence-corrected chi connectivity index (χ0v) is 12.9.